The van der Waals surface area contributed by atoms with Gasteiger partial charge < -0.3 is 15.0 Å². The van der Waals surface area contributed by atoms with E-state index in [-0.39, 0.29) is 12.2 Å². The van der Waals surface area contributed by atoms with Crippen molar-refractivity contribution in [1.82, 2.24) is 19.8 Å². The van der Waals surface area contributed by atoms with Crippen LogP contribution in [-0.4, -0.2) is 40.6 Å². The smallest absolute Gasteiger partial charge is 0.258 e. The highest BCUT2D eigenvalue weighted by Gasteiger charge is 2.17. The number of aryl methyl sites for hydroxylation is 1. The predicted octanol–water partition coefficient (Wildman–Crippen LogP) is 4.60. The lowest BCUT2D eigenvalue weighted by Crippen LogP contribution is -2.43. The molecule has 35 heavy (non-hydrogen) atoms. The SMILES string of the molecule is CN1CCC[C@H](NCc2ccc3c(c2)CCC(n2ccc(OCc4ccc(Cl)cn4)cc2=O)=C3)C1. The molecule has 1 fully saturated rings. The molecule has 0 radical (unpaired) electrons. The molecule has 6 nitrogen and oxygen atoms in total. The molecule has 1 atom stereocenters. The van der Waals surface area contributed by atoms with Gasteiger partial charge in [0.05, 0.1) is 10.7 Å². The van der Waals surface area contributed by atoms with E-state index in [0.29, 0.717) is 16.8 Å². The van der Waals surface area contributed by atoms with Gasteiger partial charge in [-0.3, -0.25) is 14.3 Å². The monoisotopic (exact) mass is 490 g/mol. The van der Waals surface area contributed by atoms with Crippen LogP contribution in [-0.2, 0) is 19.6 Å². The molecule has 0 spiro atoms. The molecule has 1 N–H and O–H groups in total. The number of ether oxygens (including phenoxy) is 1. The van der Waals surface area contributed by atoms with Gasteiger partial charge in [-0.1, -0.05) is 29.8 Å². The van der Waals surface area contributed by atoms with Crippen molar-refractivity contribution in [2.45, 2.75) is 44.9 Å². The summed E-state index contributed by atoms with van der Waals surface area (Å²) in [5, 5.41) is 4.30. The zero-order valence-corrected chi connectivity index (χ0v) is 20.8. The fourth-order valence-electron chi connectivity index (χ4n) is 4.86. The Bertz CT molecular complexity index is 1270. The number of likely N-dealkylation sites (N-methyl/N-ethyl adjacent to an activating group) is 1. The highest BCUT2D eigenvalue weighted by Crippen LogP contribution is 2.27. The highest BCUT2D eigenvalue weighted by molar-refractivity contribution is 6.30. The molecule has 1 aliphatic heterocycles. The van der Waals surface area contributed by atoms with Crippen molar-refractivity contribution in [3.63, 3.8) is 0 Å². The molecular weight excluding hydrogens is 460 g/mol. The molecule has 0 bridgehead atoms. The summed E-state index contributed by atoms with van der Waals surface area (Å²) in [5.41, 5.74) is 5.52. The van der Waals surface area contributed by atoms with Crippen molar-refractivity contribution >= 4 is 23.4 Å². The van der Waals surface area contributed by atoms with Gasteiger partial charge in [-0.05, 0) is 80.2 Å². The Morgan fingerprint density at radius 1 is 1.17 bits per heavy atom. The van der Waals surface area contributed by atoms with Crippen molar-refractivity contribution in [2.24, 2.45) is 0 Å². The Morgan fingerprint density at radius 2 is 2.09 bits per heavy atom. The number of benzene rings is 1. The Morgan fingerprint density at radius 3 is 2.89 bits per heavy atom. The third-order valence-electron chi connectivity index (χ3n) is 6.78. The minimum absolute atomic E-state index is 0.0977. The van der Waals surface area contributed by atoms with Crippen molar-refractivity contribution in [2.75, 3.05) is 20.1 Å². The third-order valence-corrected chi connectivity index (χ3v) is 7.00. The molecule has 0 amide bonds. The van der Waals surface area contributed by atoms with E-state index in [1.165, 1.54) is 42.1 Å². The van der Waals surface area contributed by atoms with E-state index in [9.17, 15) is 4.79 Å². The number of halogens is 1. The summed E-state index contributed by atoms with van der Waals surface area (Å²) < 4.78 is 7.46. The van der Waals surface area contributed by atoms with Gasteiger partial charge in [0.1, 0.15) is 12.4 Å². The minimum Gasteiger partial charge on any atom is -0.487 e. The van der Waals surface area contributed by atoms with Crippen LogP contribution in [0.3, 0.4) is 0 Å². The van der Waals surface area contributed by atoms with Gasteiger partial charge in [-0.25, -0.2) is 0 Å². The van der Waals surface area contributed by atoms with Crippen molar-refractivity contribution in [1.29, 1.82) is 0 Å². The number of rotatable bonds is 7. The molecule has 1 aromatic carbocycles. The van der Waals surface area contributed by atoms with Crippen LogP contribution in [0.2, 0.25) is 5.02 Å². The molecule has 2 aliphatic rings. The van der Waals surface area contributed by atoms with Crippen LogP contribution >= 0.6 is 11.6 Å². The number of piperidine rings is 1. The number of likely N-dealkylation sites (tertiary alicyclic amines) is 1. The average molecular weight is 491 g/mol. The number of pyridine rings is 2. The second kappa shape index (κ2) is 10.8. The Balaban J connectivity index is 1.23. The molecule has 0 unspecified atom stereocenters. The van der Waals surface area contributed by atoms with E-state index in [4.69, 9.17) is 16.3 Å². The standard InChI is InChI=1S/C28H31ClN4O2/c1-32-11-2-3-24(18-32)30-16-20-4-5-22-14-26(9-6-21(22)13-20)33-12-10-27(15-28(33)34)35-19-25-8-7-23(29)17-31-25/h4-5,7-8,10,12-15,17,24,30H,2-3,6,9,11,16,18-19H2,1H3/t24-/m0/s1. The van der Waals surface area contributed by atoms with Gasteiger partial charge in [0.15, 0.2) is 0 Å². The summed E-state index contributed by atoms with van der Waals surface area (Å²) in [6.07, 6.45) is 9.77. The zero-order chi connectivity index (χ0) is 24.2. The van der Waals surface area contributed by atoms with Crippen LogP contribution < -0.4 is 15.6 Å². The van der Waals surface area contributed by atoms with Crippen LogP contribution in [0.25, 0.3) is 11.8 Å². The summed E-state index contributed by atoms with van der Waals surface area (Å²) in [5.74, 6) is 0.529. The molecule has 3 heterocycles. The molecule has 182 valence electrons. The minimum atomic E-state index is -0.0977. The van der Waals surface area contributed by atoms with E-state index < -0.39 is 0 Å². The lowest BCUT2D eigenvalue weighted by atomic mass is 9.93. The van der Waals surface area contributed by atoms with Crippen molar-refractivity contribution < 1.29 is 4.74 Å². The summed E-state index contributed by atoms with van der Waals surface area (Å²) in [6, 6.07) is 14.2. The normalized spacial score (nSPS) is 18.1. The quantitative estimate of drug-likeness (QED) is 0.524. The third kappa shape index (κ3) is 6.01. The first-order valence-electron chi connectivity index (χ1n) is 12.2. The second-order valence-corrected chi connectivity index (χ2v) is 9.91. The predicted molar refractivity (Wildman–Crippen MR) is 141 cm³/mol. The van der Waals surface area contributed by atoms with Gasteiger partial charge in [0, 0.05) is 43.3 Å². The van der Waals surface area contributed by atoms with Gasteiger partial charge in [-0.15, -0.1) is 0 Å². The number of nitrogens with zero attached hydrogens (tertiary/aromatic N) is 3. The summed E-state index contributed by atoms with van der Waals surface area (Å²) in [4.78, 5) is 19.4. The topological polar surface area (TPSA) is 59.4 Å². The molecule has 3 aromatic rings. The lowest BCUT2D eigenvalue weighted by molar-refractivity contribution is 0.226. The van der Waals surface area contributed by atoms with Gasteiger partial charge in [0.2, 0.25) is 0 Å². The van der Waals surface area contributed by atoms with Crippen LogP contribution in [0.1, 0.15) is 41.6 Å². The number of allylic oxidation sites excluding steroid dienone is 1. The molecule has 0 saturated carbocycles. The van der Waals surface area contributed by atoms with Crippen molar-refractivity contribution in [3.05, 3.63) is 92.6 Å². The highest BCUT2D eigenvalue weighted by atomic mass is 35.5. The summed E-state index contributed by atoms with van der Waals surface area (Å²) >= 11 is 5.87. The fraction of sp³-hybridized carbons (Fsp3) is 0.357. The maximum atomic E-state index is 12.8. The van der Waals surface area contributed by atoms with Crippen LogP contribution in [0.4, 0.5) is 0 Å². The van der Waals surface area contributed by atoms with Gasteiger partial charge in [-0.2, -0.15) is 0 Å². The number of fused-ring (bicyclic) bond motifs is 1. The Hall–Kier alpha value is -2.93. The fourth-order valence-corrected chi connectivity index (χ4v) is 4.97. The van der Waals surface area contributed by atoms with Gasteiger partial charge in [0.25, 0.3) is 5.56 Å². The number of hydrogen-bond donors (Lipinski definition) is 1. The first kappa shape index (κ1) is 23.8. The lowest BCUT2D eigenvalue weighted by Gasteiger charge is -2.30. The summed E-state index contributed by atoms with van der Waals surface area (Å²) in [7, 11) is 2.20. The van der Waals surface area contributed by atoms with Gasteiger partial charge >= 0.3 is 0 Å². The van der Waals surface area contributed by atoms with E-state index >= 15 is 0 Å². The number of nitrogens with one attached hydrogen (secondary N) is 1. The van der Waals surface area contributed by atoms with E-state index in [2.05, 4.69) is 46.5 Å². The Labute approximate surface area is 211 Å². The van der Waals surface area contributed by atoms with Crippen molar-refractivity contribution in [3.8, 4) is 5.75 Å². The molecule has 7 heteroatoms. The number of aromatic nitrogens is 2. The maximum absolute atomic E-state index is 12.8. The molecular formula is C28H31ClN4O2. The molecule has 1 saturated heterocycles. The van der Waals surface area contributed by atoms with Crippen LogP contribution in [0.15, 0.2) is 59.7 Å². The van der Waals surface area contributed by atoms with Crippen LogP contribution in [0.5, 0.6) is 5.75 Å². The number of hydrogen-bond acceptors (Lipinski definition) is 5. The maximum Gasteiger partial charge on any atom is 0.258 e. The second-order valence-electron chi connectivity index (χ2n) is 9.48. The largest absolute Gasteiger partial charge is 0.487 e. The average Bonchev–Trinajstić information content (AvgIpc) is 2.87. The first-order chi connectivity index (χ1) is 17.0. The molecule has 5 rings (SSSR count). The van der Waals surface area contributed by atoms with E-state index in [0.717, 1.165) is 37.3 Å². The van der Waals surface area contributed by atoms with E-state index in [1.54, 1.807) is 23.0 Å². The van der Waals surface area contributed by atoms with Crippen LogP contribution in [0, 0.1) is 0 Å². The molecule has 1 aliphatic carbocycles. The first-order valence-corrected chi connectivity index (χ1v) is 12.6. The summed E-state index contributed by atoms with van der Waals surface area (Å²) in [6.45, 7) is 3.50. The Kier molecular flexibility index (Phi) is 7.32. The zero-order valence-electron chi connectivity index (χ0n) is 20.0. The van der Waals surface area contributed by atoms with E-state index in [1.807, 2.05) is 12.1 Å². The molecule has 2 aromatic heterocycles.